The summed E-state index contributed by atoms with van der Waals surface area (Å²) in [6, 6.07) is 9.46. The molecule has 0 aliphatic rings. The van der Waals surface area contributed by atoms with Crippen molar-refractivity contribution in [3.63, 3.8) is 0 Å². The van der Waals surface area contributed by atoms with Crippen molar-refractivity contribution in [2.75, 3.05) is 31.2 Å². The summed E-state index contributed by atoms with van der Waals surface area (Å²) in [4.78, 5) is 1.01. The zero-order valence-corrected chi connectivity index (χ0v) is 17.7. The van der Waals surface area contributed by atoms with Crippen molar-refractivity contribution < 1.29 is 9.47 Å². The summed E-state index contributed by atoms with van der Waals surface area (Å²) in [7, 11) is 3.19. The van der Waals surface area contributed by atoms with Crippen LogP contribution in [0.5, 0.6) is 11.5 Å². The molecule has 0 atom stereocenters. The smallest absolute Gasteiger partial charge is 0.163 e. The Morgan fingerprint density at radius 3 is 2.26 bits per heavy atom. The standard InChI is InChI=1S/C18H24N4O2S.C2H6/c1-11-7-13(9-16(23-2)18(11)24-3)22(21)15(10-19)12-5-6-17(25-4)14(20)8-12;1-2/h5-10H,19-21H2,1-4H3;1-2H3/b15-10-;. The van der Waals surface area contributed by atoms with Crippen LogP contribution in [-0.2, 0) is 0 Å². The molecule has 0 bridgehead atoms. The van der Waals surface area contributed by atoms with Crippen LogP contribution < -0.4 is 31.8 Å². The van der Waals surface area contributed by atoms with Gasteiger partial charge < -0.3 is 20.9 Å². The predicted molar refractivity (Wildman–Crippen MR) is 117 cm³/mol. The Bertz CT molecular complexity index is 794. The van der Waals surface area contributed by atoms with Gasteiger partial charge in [0.15, 0.2) is 11.5 Å². The first-order chi connectivity index (χ1) is 13.0. The van der Waals surface area contributed by atoms with Crippen LogP contribution in [0.15, 0.2) is 41.4 Å². The molecule has 0 radical (unpaired) electrons. The van der Waals surface area contributed by atoms with Crippen LogP contribution in [0.1, 0.15) is 25.0 Å². The van der Waals surface area contributed by atoms with Crippen LogP contribution in [0.2, 0.25) is 0 Å². The molecular weight excluding hydrogens is 360 g/mol. The number of methoxy groups -OCH3 is 2. The summed E-state index contributed by atoms with van der Waals surface area (Å²) in [5.41, 5.74) is 15.7. The zero-order chi connectivity index (χ0) is 20.6. The van der Waals surface area contributed by atoms with E-state index in [1.54, 1.807) is 32.0 Å². The first kappa shape index (κ1) is 22.5. The number of hydrogen-bond donors (Lipinski definition) is 3. The van der Waals surface area contributed by atoms with E-state index in [4.69, 9.17) is 26.8 Å². The molecule has 0 aliphatic carbocycles. The average Bonchev–Trinajstić information content (AvgIpc) is 2.69. The summed E-state index contributed by atoms with van der Waals surface area (Å²) in [6.07, 6.45) is 3.44. The highest BCUT2D eigenvalue weighted by atomic mass is 32.2. The third kappa shape index (κ3) is 5.02. The van der Waals surface area contributed by atoms with Crippen molar-refractivity contribution in [1.29, 1.82) is 0 Å². The molecule has 6 N–H and O–H groups in total. The van der Waals surface area contributed by atoms with E-state index in [1.807, 2.05) is 51.3 Å². The lowest BCUT2D eigenvalue weighted by Crippen LogP contribution is -2.30. The van der Waals surface area contributed by atoms with Crippen molar-refractivity contribution in [3.8, 4) is 11.5 Å². The topological polar surface area (TPSA) is 99.8 Å². The monoisotopic (exact) mass is 390 g/mol. The van der Waals surface area contributed by atoms with Gasteiger partial charge >= 0.3 is 0 Å². The number of benzene rings is 2. The van der Waals surface area contributed by atoms with Gasteiger partial charge in [-0.05, 0) is 36.9 Å². The van der Waals surface area contributed by atoms with Gasteiger partial charge in [0.1, 0.15) is 0 Å². The number of nitrogen functional groups attached to an aromatic ring is 1. The zero-order valence-electron chi connectivity index (χ0n) is 16.9. The maximum absolute atomic E-state index is 6.33. The number of nitrogens with zero attached hydrogens (tertiary/aromatic N) is 1. The van der Waals surface area contributed by atoms with Crippen LogP contribution in [0, 0.1) is 6.92 Å². The summed E-state index contributed by atoms with van der Waals surface area (Å²) in [5, 5.41) is 1.50. The van der Waals surface area contributed by atoms with E-state index >= 15 is 0 Å². The van der Waals surface area contributed by atoms with Crippen molar-refractivity contribution in [2.45, 2.75) is 25.7 Å². The molecule has 2 aromatic carbocycles. The number of hydrazine groups is 1. The molecule has 0 fully saturated rings. The molecule has 0 amide bonds. The Labute approximate surface area is 166 Å². The molecule has 7 heteroatoms. The van der Waals surface area contributed by atoms with Crippen LogP contribution in [0.25, 0.3) is 5.70 Å². The molecule has 27 heavy (non-hydrogen) atoms. The van der Waals surface area contributed by atoms with Crippen molar-refractivity contribution in [2.24, 2.45) is 11.6 Å². The van der Waals surface area contributed by atoms with E-state index in [0.717, 1.165) is 21.7 Å². The lowest BCUT2D eigenvalue weighted by Gasteiger charge is -2.24. The molecule has 0 aromatic heterocycles. The van der Waals surface area contributed by atoms with E-state index in [1.165, 1.54) is 11.2 Å². The molecule has 0 spiro atoms. The number of nitrogens with two attached hydrogens (primary N) is 3. The number of hydrogen-bond acceptors (Lipinski definition) is 7. The van der Waals surface area contributed by atoms with Crippen LogP contribution >= 0.6 is 11.8 Å². The SMILES string of the molecule is CC.COc1cc(N(N)/C(=C\N)c2ccc(SC)c(N)c2)cc(C)c1OC. The summed E-state index contributed by atoms with van der Waals surface area (Å²) < 4.78 is 10.8. The number of thioether (sulfide) groups is 1. The Morgan fingerprint density at radius 1 is 1.11 bits per heavy atom. The Hall–Kier alpha value is -2.51. The minimum Gasteiger partial charge on any atom is -0.493 e. The fourth-order valence-electron chi connectivity index (χ4n) is 2.62. The minimum absolute atomic E-state index is 0.599. The molecule has 6 nitrogen and oxygen atoms in total. The van der Waals surface area contributed by atoms with E-state index in [-0.39, 0.29) is 0 Å². The van der Waals surface area contributed by atoms with Gasteiger partial charge in [-0.25, -0.2) is 5.84 Å². The maximum atomic E-state index is 6.33. The molecule has 0 saturated heterocycles. The summed E-state index contributed by atoms with van der Waals surface area (Å²) >= 11 is 1.59. The van der Waals surface area contributed by atoms with E-state index < -0.39 is 0 Å². The molecule has 0 aliphatic heterocycles. The highest BCUT2D eigenvalue weighted by Crippen LogP contribution is 2.37. The van der Waals surface area contributed by atoms with Gasteiger partial charge in [-0.3, -0.25) is 5.01 Å². The van der Waals surface area contributed by atoms with Gasteiger partial charge in [-0.2, -0.15) is 0 Å². The van der Waals surface area contributed by atoms with Gasteiger partial charge in [0.2, 0.25) is 0 Å². The fraction of sp³-hybridized carbons (Fsp3) is 0.300. The van der Waals surface area contributed by atoms with Crippen LogP contribution in [0.3, 0.4) is 0 Å². The van der Waals surface area contributed by atoms with E-state index in [0.29, 0.717) is 22.9 Å². The lowest BCUT2D eigenvalue weighted by atomic mass is 10.1. The van der Waals surface area contributed by atoms with E-state index in [2.05, 4.69) is 0 Å². The number of ether oxygens (including phenoxy) is 2. The lowest BCUT2D eigenvalue weighted by molar-refractivity contribution is 0.353. The Morgan fingerprint density at radius 2 is 1.78 bits per heavy atom. The van der Waals surface area contributed by atoms with Gasteiger partial charge in [-0.15, -0.1) is 11.8 Å². The number of aryl methyl sites for hydroxylation is 1. The summed E-state index contributed by atoms with van der Waals surface area (Å²) in [5.74, 6) is 7.60. The molecule has 0 heterocycles. The molecule has 148 valence electrons. The molecular formula is C20H30N4O2S. The maximum Gasteiger partial charge on any atom is 0.163 e. The van der Waals surface area contributed by atoms with Crippen molar-refractivity contribution >= 4 is 28.8 Å². The Balaban J connectivity index is 0.00000176. The Kier molecular flexibility index (Phi) is 8.84. The molecule has 2 aromatic rings. The number of rotatable bonds is 6. The van der Waals surface area contributed by atoms with Crippen molar-refractivity contribution in [1.82, 2.24) is 0 Å². The second-order valence-corrected chi connectivity index (χ2v) is 6.22. The second-order valence-electron chi connectivity index (χ2n) is 5.38. The van der Waals surface area contributed by atoms with Gasteiger partial charge in [0.25, 0.3) is 0 Å². The normalized spacial score (nSPS) is 10.7. The van der Waals surface area contributed by atoms with Gasteiger partial charge in [0, 0.05) is 28.4 Å². The highest BCUT2D eigenvalue weighted by molar-refractivity contribution is 7.98. The average molecular weight is 391 g/mol. The second kappa shape index (κ2) is 10.6. The molecule has 0 unspecified atom stereocenters. The van der Waals surface area contributed by atoms with Gasteiger partial charge in [0.05, 0.1) is 25.6 Å². The highest BCUT2D eigenvalue weighted by Gasteiger charge is 2.16. The predicted octanol–water partition coefficient (Wildman–Crippen LogP) is 3.98. The third-order valence-electron chi connectivity index (χ3n) is 3.87. The van der Waals surface area contributed by atoms with Gasteiger partial charge in [-0.1, -0.05) is 19.9 Å². The first-order valence-corrected chi connectivity index (χ1v) is 9.82. The van der Waals surface area contributed by atoms with Crippen LogP contribution in [0.4, 0.5) is 11.4 Å². The summed E-state index contributed by atoms with van der Waals surface area (Å²) in [6.45, 7) is 5.93. The van der Waals surface area contributed by atoms with Crippen LogP contribution in [-0.4, -0.2) is 20.5 Å². The van der Waals surface area contributed by atoms with Crippen molar-refractivity contribution in [3.05, 3.63) is 47.7 Å². The quantitative estimate of drug-likeness (QED) is 0.297. The van der Waals surface area contributed by atoms with E-state index in [9.17, 15) is 0 Å². The largest absolute Gasteiger partial charge is 0.493 e. The number of anilines is 2. The molecule has 0 saturated carbocycles. The fourth-order valence-corrected chi connectivity index (χ4v) is 3.12. The minimum atomic E-state index is 0.599. The third-order valence-corrected chi connectivity index (χ3v) is 4.68. The first-order valence-electron chi connectivity index (χ1n) is 8.60. The molecule has 2 rings (SSSR count).